The zero-order valence-corrected chi connectivity index (χ0v) is 16.3. The second-order valence-corrected chi connectivity index (χ2v) is 6.14. The number of ether oxygens (including phenoxy) is 3. The number of rotatable bonds is 7. The molecule has 0 radical (unpaired) electrons. The Hall–Kier alpha value is -3.61. The van der Waals surface area contributed by atoms with E-state index in [-0.39, 0.29) is 12.4 Å². The fourth-order valence-corrected chi connectivity index (χ4v) is 2.68. The van der Waals surface area contributed by atoms with Crippen molar-refractivity contribution in [2.75, 3.05) is 14.2 Å². The fourth-order valence-electron chi connectivity index (χ4n) is 2.68. The minimum absolute atomic E-state index is 0.0422. The Kier molecular flexibility index (Phi) is 6.29. The number of hydrogen-bond acceptors (Lipinski definition) is 6. The van der Waals surface area contributed by atoms with Crippen molar-refractivity contribution in [3.05, 3.63) is 71.2 Å². The Morgan fingerprint density at radius 3 is 2.59 bits per heavy atom. The fraction of sp³-hybridized carbons (Fsp3) is 0.182. The second kappa shape index (κ2) is 9.05. The molecule has 0 spiro atoms. The van der Waals surface area contributed by atoms with E-state index in [9.17, 15) is 9.18 Å². The van der Waals surface area contributed by atoms with Crippen LogP contribution in [0.25, 0.3) is 17.4 Å². The number of aromatic nitrogens is 1. The van der Waals surface area contributed by atoms with Gasteiger partial charge in [0.15, 0.2) is 5.76 Å². The number of hydrogen-bond donors (Lipinski definition) is 0. The highest BCUT2D eigenvalue weighted by molar-refractivity contribution is 5.87. The lowest BCUT2D eigenvalue weighted by Gasteiger charge is -2.07. The summed E-state index contributed by atoms with van der Waals surface area (Å²) in [6.07, 6.45) is 2.90. The molecule has 0 saturated heterocycles. The van der Waals surface area contributed by atoms with Crippen LogP contribution in [-0.4, -0.2) is 25.3 Å². The molecule has 2 aromatic carbocycles. The standard InChI is InChI=1S/C22H20FNO5/c1-14-19(24-29-22(14)16-4-8-17(23)9-5-16)13-28-21(25)11-7-15-6-10-18(26-2)12-20(15)27-3/h4-12H,13H2,1-3H3/b11-7+. The van der Waals surface area contributed by atoms with Crippen LogP contribution in [0, 0.1) is 12.7 Å². The van der Waals surface area contributed by atoms with Gasteiger partial charge < -0.3 is 18.7 Å². The van der Waals surface area contributed by atoms with Crippen LogP contribution in [0.4, 0.5) is 4.39 Å². The van der Waals surface area contributed by atoms with Crippen molar-refractivity contribution in [3.63, 3.8) is 0 Å². The summed E-state index contributed by atoms with van der Waals surface area (Å²) >= 11 is 0. The highest BCUT2D eigenvalue weighted by Crippen LogP contribution is 2.27. The van der Waals surface area contributed by atoms with Gasteiger partial charge in [-0.3, -0.25) is 0 Å². The van der Waals surface area contributed by atoms with E-state index in [2.05, 4.69) is 5.16 Å². The van der Waals surface area contributed by atoms with Gasteiger partial charge >= 0.3 is 5.97 Å². The van der Waals surface area contributed by atoms with E-state index in [1.165, 1.54) is 25.3 Å². The summed E-state index contributed by atoms with van der Waals surface area (Å²) in [6, 6.07) is 11.2. The summed E-state index contributed by atoms with van der Waals surface area (Å²) < 4.78 is 34.1. The normalized spacial score (nSPS) is 10.9. The lowest BCUT2D eigenvalue weighted by Crippen LogP contribution is -2.02. The monoisotopic (exact) mass is 397 g/mol. The molecule has 0 unspecified atom stereocenters. The van der Waals surface area contributed by atoms with E-state index in [1.54, 1.807) is 50.4 Å². The molecule has 150 valence electrons. The average Bonchev–Trinajstić information content (AvgIpc) is 3.11. The smallest absolute Gasteiger partial charge is 0.331 e. The molecule has 3 aromatic rings. The number of halogens is 1. The summed E-state index contributed by atoms with van der Waals surface area (Å²) in [5.74, 6) is 0.869. The van der Waals surface area contributed by atoms with Gasteiger partial charge in [0.05, 0.1) is 14.2 Å². The molecular weight excluding hydrogens is 377 g/mol. The van der Waals surface area contributed by atoms with Crippen LogP contribution in [0.15, 0.2) is 53.1 Å². The van der Waals surface area contributed by atoms with E-state index in [4.69, 9.17) is 18.7 Å². The molecular formula is C22H20FNO5. The summed E-state index contributed by atoms with van der Waals surface area (Å²) in [4.78, 5) is 12.1. The highest BCUT2D eigenvalue weighted by atomic mass is 19.1. The molecule has 0 aliphatic rings. The molecule has 0 aliphatic heterocycles. The van der Waals surface area contributed by atoms with Gasteiger partial charge in [-0.15, -0.1) is 0 Å². The predicted octanol–water partition coefficient (Wildman–Crippen LogP) is 4.56. The van der Waals surface area contributed by atoms with Gasteiger partial charge in [-0.2, -0.15) is 0 Å². The van der Waals surface area contributed by atoms with Crippen LogP contribution >= 0.6 is 0 Å². The van der Waals surface area contributed by atoms with Crippen LogP contribution in [0.5, 0.6) is 11.5 Å². The molecule has 0 amide bonds. The topological polar surface area (TPSA) is 70.8 Å². The molecule has 6 nitrogen and oxygen atoms in total. The van der Waals surface area contributed by atoms with Crippen molar-refractivity contribution in [3.8, 4) is 22.8 Å². The van der Waals surface area contributed by atoms with E-state index >= 15 is 0 Å². The van der Waals surface area contributed by atoms with Crippen molar-refractivity contribution >= 4 is 12.0 Å². The zero-order chi connectivity index (χ0) is 20.8. The van der Waals surface area contributed by atoms with Gasteiger partial charge in [-0.05, 0) is 49.4 Å². The molecule has 0 N–H and O–H groups in total. The van der Waals surface area contributed by atoms with Gasteiger partial charge in [0.25, 0.3) is 0 Å². The average molecular weight is 397 g/mol. The summed E-state index contributed by atoms with van der Waals surface area (Å²) in [5.41, 5.74) is 2.63. The SMILES string of the molecule is COc1ccc(/C=C/C(=O)OCc2noc(-c3ccc(F)cc3)c2C)c(OC)c1. The first-order valence-corrected chi connectivity index (χ1v) is 8.79. The van der Waals surface area contributed by atoms with Crippen molar-refractivity contribution in [1.82, 2.24) is 5.16 Å². The zero-order valence-electron chi connectivity index (χ0n) is 16.3. The third kappa shape index (κ3) is 4.82. The van der Waals surface area contributed by atoms with Crippen molar-refractivity contribution < 1.29 is 27.9 Å². The third-order valence-corrected chi connectivity index (χ3v) is 4.32. The molecule has 1 heterocycles. The number of nitrogens with zero attached hydrogens (tertiary/aromatic N) is 1. The van der Waals surface area contributed by atoms with Crippen LogP contribution in [-0.2, 0) is 16.1 Å². The van der Waals surface area contributed by atoms with Crippen molar-refractivity contribution in [2.24, 2.45) is 0 Å². The largest absolute Gasteiger partial charge is 0.497 e. The summed E-state index contributed by atoms with van der Waals surface area (Å²) in [7, 11) is 3.10. The van der Waals surface area contributed by atoms with Gasteiger partial charge in [0, 0.05) is 28.8 Å². The minimum Gasteiger partial charge on any atom is -0.497 e. The van der Waals surface area contributed by atoms with E-state index in [0.29, 0.717) is 34.1 Å². The molecule has 3 rings (SSSR count). The van der Waals surface area contributed by atoms with E-state index < -0.39 is 5.97 Å². The first-order chi connectivity index (χ1) is 14.0. The lowest BCUT2D eigenvalue weighted by atomic mass is 10.1. The molecule has 0 atom stereocenters. The second-order valence-electron chi connectivity index (χ2n) is 6.14. The Morgan fingerprint density at radius 2 is 1.90 bits per heavy atom. The van der Waals surface area contributed by atoms with Crippen LogP contribution in [0.3, 0.4) is 0 Å². The molecule has 29 heavy (non-hydrogen) atoms. The lowest BCUT2D eigenvalue weighted by molar-refractivity contribution is -0.139. The van der Waals surface area contributed by atoms with Gasteiger partial charge in [-0.25, -0.2) is 9.18 Å². The van der Waals surface area contributed by atoms with Crippen LogP contribution in [0.2, 0.25) is 0 Å². The summed E-state index contributed by atoms with van der Waals surface area (Å²) in [5, 5.41) is 3.95. The minimum atomic E-state index is -0.534. The molecule has 1 aromatic heterocycles. The number of carbonyl (C=O) groups is 1. The maximum absolute atomic E-state index is 13.1. The van der Waals surface area contributed by atoms with Crippen LogP contribution in [0.1, 0.15) is 16.8 Å². The van der Waals surface area contributed by atoms with Crippen molar-refractivity contribution in [2.45, 2.75) is 13.5 Å². The molecule has 0 fully saturated rings. The van der Waals surface area contributed by atoms with E-state index in [1.807, 2.05) is 0 Å². The van der Waals surface area contributed by atoms with Gasteiger partial charge in [0.1, 0.15) is 29.6 Å². The maximum atomic E-state index is 13.1. The predicted molar refractivity (Wildman–Crippen MR) is 105 cm³/mol. The Balaban J connectivity index is 1.64. The van der Waals surface area contributed by atoms with Gasteiger partial charge in [-0.1, -0.05) is 5.16 Å². The first-order valence-electron chi connectivity index (χ1n) is 8.79. The third-order valence-electron chi connectivity index (χ3n) is 4.32. The van der Waals surface area contributed by atoms with Gasteiger partial charge in [0.2, 0.25) is 0 Å². The molecule has 7 heteroatoms. The number of esters is 1. The van der Waals surface area contributed by atoms with Crippen molar-refractivity contribution in [1.29, 1.82) is 0 Å². The number of benzene rings is 2. The molecule has 0 aliphatic carbocycles. The number of carbonyl (C=O) groups excluding carboxylic acids is 1. The maximum Gasteiger partial charge on any atom is 0.331 e. The Bertz CT molecular complexity index is 1020. The number of methoxy groups -OCH3 is 2. The first kappa shape index (κ1) is 20.1. The Morgan fingerprint density at radius 1 is 1.14 bits per heavy atom. The van der Waals surface area contributed by atoms with Crippen LogP contribution < -0.4 is 9.47 Å². The quantitative estimate of drug-likeness (QED) is 0.430. The Labute approximate surface area is 167 Å². The summed E-state index contributed by atoms with van der Waals surface area (Å²) in [6.45, 7) is 1.76. The molecule has 0 bridgehead atoms. The van der Waals surface area contributed by atoms with E-state index in [0.717, 1.165) is 5.56 Å². The molecule has 0 saturated carbocycles. The highest BCUT2D eigenvalue weighted by Gasteiger charge is 2.15.